The molecule has 29 heavy (non-hydrogen) atoms. The van der Waals surface area contributed by atoms with Crippen molar-refractivity contribution in [3.63, 3.8) is 0 Å². The fraction of sp³-hybridized carbons (Fsp3) is 0.409. The third kappa shape index (κ3) is 4.90. The summed E-state index contributed by atoms with van der Waals surface area (Å²) in [6, 6.07) is 11.4. The van der Waals surface area contributed by atoms with E-state index in [0.717, 1.165) is 11.6 Å². The van der Waals surface area contributed by atoms with Gasteiger partial charge in [-0.25, -0.2) is 0 Å². The predicted molar refractivity (Wildman–Crippen MR) is 101 cm³/mol. The molecule has 0 saturated carbocycles. The number of esters is 1. The standard InChI is InChI=1S/C22H23F3O4/c1-3-28-20(26)11-21(13-27-14-21)17-6-8-18(9-7-17)29-12-16-5-4-15(2)19(10-16)22(23,24)25/h4-10H,3,11-14H2,1-2H3. The molecule has 2 aromatic carbocycles. The van der Waals surface area contributed by atoms with Gasteiger partial charge in [0.25, 0.3) is 0 Å². The number of hydrogen-bond acceptors (Lipinski definition) is 4. The van der Waals surface area contributed by atoms with Crippen molar-refractivity contribution in [3.05, 3.63) is 64.7 Å². The maximum Gasteiger partial charge on any atom is 0.416 e. The maximum absolute atomic E-state index is 13.0. The molecule has 0 N–H and O–H groups in total. The molecule has 0 unspecified atom stereocenters. The van der Waals surface area contributed by atoms with Crippen LogP contribution in [0, 0.1) is 6.92 Å². The Morgan fingerprint density at radius 1 is 1.14 bits per heavy atom. The third-order valence-electron chi connectivity index (χ3n) is 5.02. The number of aryl methyl sites for hydroxylation is 1. The van der Waals surface area contributed by atoms with E-state index >= 15 is 0 Å². The van der Waals surface area contributed by atoms with E-state index in [4.69, 9.17) is 14.2 Å². The molecule has 1 aliphatic rings. The van der Waals surface area contributed by atoms with Crippen LogP contribution in [-0.4, -0.2) is 25.8 Å². The number of halogens is 3. The highest BCUT2D eigenvalue weighted by Crippen LogP contribution is 2.37. The van der Waals surface area contributed by atoms with Gasteiger partial charge < -0.3 is 14.2 Å². The van der Waals surface area contributed by atoms with Crippen LogP contribution in [0.5, 0.6) is 5.75 Å². The molecule has 0 spiro atoms. The topological polar surface area (TPSA) is 44.8 Å². The Hall–Kier alpha value is -2.54. The van der Waals surface area contributed by atoms with Crippen molar-refractivity contribution >= 4 is 5.97 Å². The van der Waals surface area contributed by atoms with Gasteiger partial charge in [-0.3, -0.25) is 4.79 Å². The van der Waals surface area contributed by atoms with E-state index in [1.807, 2.05) is 12.1 Å². The molecule has 0 aliphatic carbocycles. The second kappa shape index (κ2) is 8.45. The van der Waals surface area contributed by atoms with Crippen LogP contribution in [0.3, 0.4) is 0 Å². The molecule has 0 atom stereocenters. The van der Waals surface area contributed by atoms with Gasteiger partial charge >= 0.3 is 12.1 Å². The molecule has 4 nitrogen and oxygen atoms in total. The van der Waals surface area contributed by atoms with Crippen molar-refractivity contribution in [2.24, 2.45) is 0 Å². The Balaban J connectivity index is 1.66. The molecule has 7 heteroatoms. The Morgan fingerprint density at radius 3 is 2.38 bits per heavy atom. The number of hydrogen-bond donors (Lipinski definition) is 0. The van der Waals surface area contributed by atoms with Gasteiger partial charge in [-0.05, 0) is 48.7 Å². The maximum atomic E-state index is 13.0. The molecule has 1 fully saturated rings. The zero-order valence-electron chi connectivity index (χ0n) is 16.3. The predicted octanol–water partition coefficient (Wildman–Crippen LogP) is 4.81. The average molecular weight is 408 g/mol. The molecule has 0 aromatic heterocycles. The summed E-state index contributed by atoms with van der Waals surface area (Å²) in [7, 11) is 0. The van der Waals surface area contributed by atoms with E-state index in [2.05, 4.69) is 0 Å². The minimum atomic E-state index is -4.39. The first-order valence-corrected chi connectivity index (χ1v) is 9.37. The highest BCUT2D eigenvalue weighted by atomic mass is 19.4. The van der Waals surface area contributed by atoms with Crippen molar-refractivity contribution in [2.45, 2.75) is 38.5 Å². The summed E-state index contributed by atoms with van der Waals surface area (Å²) in [6.07, 6.45) is -4.15. The monoisotopic (exact) mass is 408 g/mol. The first-order valence-electron chi connectivity index (χ1n) is 9.37. The van der Waals surface area contributed by atoms with Gasteiger partial charge in [-0.1, -0.05) is 24.3 Å². The van der Waals surface area contributed by atoms with Crippen LogP contribution in [-0.2, 0) is 32.5 Å². The van der Waals surface area contributed by atoms with E-state index in [-0.39, 0.29) is 24.6 Å². The van der Waals surface area contributed by atoms with Crippen LogP contribution in [0.25, 0.3) is 0 Å². The van der Waals surface area contributed by atoms with Gasteiger partial charge in [0.05, 0.1) is 37.2 Å². The van der Waals surface area contributed by atoms with Crippen molar-refractivity contribution in [2.75, 3.05) is 19.8 Å². The number of carbonyl (C=O) groups excluding carboxylic acids is 1. The third-order valence-corrected chi connectivity index (χ3v) is 5.02. The molecular formula is C22H23F3O4. The lowest BCUT2D eigenvalue weighted by Gasteiger charge is -2.41. The molecule has 3 rings (SSSR count). The lowest BCUT2D eigenvalue weighted by atomic mass is 9.76. The molecule has 1 saturated heterocycles. The Morgan fingerprint density at radius 2 is 1.83 bits per heavy atom. The van der Waals surface area contributed by atoms with Gasteiger partial charge in [0.1, 0.15) is 12.4 Å². The zero-order valence-corrected chi connectivity index (χ0v) is 16.3. The zero-order chi connectivity index (χ0) is 21.1. The second-order valence-electron chi connectivity index (χ2n) is 7.22. The van der Waals surface area contributed by atoms with Gasteiger partial charge in [0.15, 0.2) is 0 Å². The normalized spacial score (nSPS) is 15.5. The summed E-state index contributed by atoms with van der Waals surface area (Å²) in [6.45, 7) is 4.44. The van der Waals surface area contributed by atoms with Crippen molar-refractivity contribution in [1.29, 1.82) is 0 Å². The molecule has 0 bridgehead atoms. The van der Waals surface area contributed by atoms with Crippen molar-refractivity contribution in [3.8, 4) is 5.75 Å². The molecule has 0 radical (unpaired) electrons. The fourth-order valence-electron chi connectivity index (χ4n) is 3.34. The summed E-state index contributed by atoms with van der Waals surface area (Å²) in [4.78, 5) is 11.9. The van der Waals surface area contributed by atoms with Crippen LogP contribution in [0.1, 0.15) is 35.6 Å². The minimum Gasteiger partial charge on any atom is -0.489 e. The quantitative estimate of drug-likeness (QED) is 0.617. The largest absolute Gasteiger partial charge is 0.489 e. The SMILES string of the molecule is CCOC(=O)CC1(c2ccc(OCc3ccc(C)c(C(F)(F)F)c3)cc2)COC1. The van der Waals surface area contributed by atoms with E-state index in [9.17, 15) is 18.0 Å². The van der Waals surface area contributed by atoms with Crippen LogP contribution in [0.4, 0.5) is 13.2 Å². The second-order valence-corrected chi connectivity index (χ2v) is 7.22. The van der Waals surface area contributed by atoms with Crippen molar-refractivity contribution < 1.29 is 32.2 Å². The Labute approximate surface area is 167 Å². The lowest BCUT2D eigenvalue weighted by molar-refractivity contribution is -0.151. The molecule has 1 aliphatic heterocycles. The Bertz CT molecular complexity index is 855. The summed E-state index contributed by atoms with van der Waals surface area (Å²) in [5, 5.41) is 0. The molecule has 2 aromatic rings. The smallest absolute Gasteiger partial charge is 0.416 e. The van der Waals surface area contributed by atoms with E-state index < -0.39 is 17.2 Å². The highest BCUT2D eigenvalue weighted by Gasteiger charge is 2.42. The minimum absolute atomic E-state index is 0.0276. The van der Waals surface area contributed by atoms with Crippen LogP contribution < -0.4 is 4.74 Å². The van der Waals surface area contributed by atoms with Crippen molar-refractivity contribution in [1.82, 2.24) is 0 Å². The molecule has 0 amide bonds. The van der Waals surface area contributed by atoms with E-state index in [0.29, 0.717) is 31.1 Å². The summed E-state index contributed by atoms with van der Waals surface area (Å²) in [5.41, 5.74) is 0.515. The van der Waals surface area contributed by atoms with Gasteiger partial charge in [-0.2, -0.15) is 13.2 Å². The number of alkyl halides is 3. The van der Waals surface area contributed by atoms with Gasteiger partial charge in [-0.15, -0.1) is 0 Å². The molecule has 156 valence electrons. The first-order chi connectivity index (χ1) is 13.7. The highest BCUT2D eigenvalue weighted by molar-refractivity contribution is 5.72. The van der Waals surface area contributed by atoms with E-state index in [1.165, 1.54) is 13.0 Å². The van der Waals surface area contributed by atoms with E-state index in [1.54, 1.807) is 25.1 Å². The molecule has 1 heterocycles. The number of ether oxygens (including phenoxy) is 3. The Kier molecular flexibility index (Phi) is 6.17. The lowest BCUT2D eigenvalue weighted by Crippen LogP contribution is -2.48. The number of rotatable bonds is 7. The number of carbonyl (C=O) groups is 1. The summed E-state index contributed by atoms with van der Waals surface area (Å²) < 4.78 is 55.1. The average Bonchev–Trinajstić information content (AvgIpc) is 2.64. The number of benzene rings is 2. The fourth-order valence-corrected chi connectivity index (χ4v) is 3.34. The summed E-state index contributed by atoms with van der Waals surface area (Å²) >= 11 is 0. The van der Waals surface area contributed by atoms with Gasteiger partial charge in [0, 0.05) is 0 Å². The van der Waals surface area contributed by atoms with Crippen LogP contribution >= 0.6 is 0 Å². The summed E-state index contributed by atoms with van der Waals surface area (Å²) in [5.74, 6) is 0.269. The molecular weight excluding hydrogens is 385 g/mol. The van der Waals surface area contributed by atoms with Crippen LogP contribution in [0.2, 0.25) is 0 Å². The first kappa shape index (κ1) is 21.2. The van der Waals surface area contributed by atoms with Crippen LogP contribution in [0.15, 0.2) is 42.5 Å². The van der Waals surface area contributed by atoms with Gasteiger partial charge in [0.2, 0.25) is 0 Å².